The van der Waals surface area contributed by atoms with Gasteiger partial charge in [-0.1, -0.05) is 0 Å². The van der Waals surface area contributed by atoms with Crippen LogP contribution in [0.1, 0.15) is 55.4 Å². The Morgan fingerprint density at radius 2 is 1.83 bits per heavy atom. The maximum Gasteiger partial charge on any atom is 0.516 e. The van der Waals surface area contributed by atoms with E-state index in [1.54, 1.807) is 10.9 Å². The van der Waals surface area contributed by atoms with Crippen LogP contribution < -0.4 is 10.9 Å². The van der Waals surface area contributed by atoms with Crippen LogP contribution in [-0.4, -0.2) is 39.8 Å². The number of aryl methyl sites for hydroxylation is 1. The van der Waals surface area contributed by atoms with E-state index in [4.69, 9.17) is 14.0 Å². The molecular formula is C16H28BN3O4. The third kappa shape index (κ3) is 3.75. The van der Waals surface area contributed by atoms with E-state index in [1.165, 1.54) is 0 Å². The molecule has 0 atom stereocenters. The molecule has 8 heteroatoms. The number of ether oxygens (including phenoxy) is 1. The van der Waals surface area contributed by atoms with Crippen LogP contribution in [-0.2, 0) is 20.6 Å². The van der Waals surface area contributed by atoms with Gasteiger partial charge in [-0.15, -0.1) is 0 Å². The summed E-state index contributed by atoms with van der Waals surface area (Å²) in [7, 11) is -0.609. The summed E-state index contributed by atoms with van der Waals surface area (Å²) < 4.78 is 19.3. The quantitative estimate of drug-likeness (QED) is 0.858. The third-order valence-electron chi connectivity index (χ3n) is 4.29. The molecule has 2 rings (SSSR count). The maximum atomic E-state index is 12.1. The summed E-state index contributed by atoms with van der Waals surface area (Å²) in [5, 5.41) is 7.06. The zero-order valence-corrected chi connectivity index (χ0v) is 15.9. The predicted molar refractivity (Wildman–Crippen MR) is 93.5 cm³/mol. The fourth-order valence-corrected chi connectivity index (χ4v) is 2.36. The van der Waals surface area contributed by atoms with E-state index in [0.717, 1.165) is 0 Å². The average Bonchev–Trinajstić information content (AvgIpc) is 2.85. The predicted octanol–water partition coefficient (Wildman–Crippen LogP) is 2.55. The first kappa shape index (κ1) is 18.8. The summed E-state index contributed by atoms with van der Waals surface area (Å²) in [4.78, 5) is 12.1. The average molecular weight is 337 g/mol. The molecule has 0 bridgehead atoms. The molecule has 0 aromatic carbocycles. The molecule has 0 radical (unpaired) electrons. The number of rotatable bonds is 3. The van der Waals surface area contributed by atoms with Gasteiger partial charge in [-0.05, 0) is 55.4 Å². The van der Waals surface area contributed by atoms with E-state index < -0.39 is 30.0 Å². The van der Waals surface area contributed by atoms with Gasteiger partial charge in [0.25, 0.3) is 0 Å². The van der Waals surface area contributed by atoms with Gasteiger partial charge in [0, 0.05) is 6.54 Å². The highest BCUT2D eigenvalue weighted by molar-refractivity contribution is 6.63. The second-order valence-electron chi connectivity index (χ2n) is 7.97. The Morgan fingerprint density at radius 3 is 2.29 bits per heavy atom. The summed E-state index contributed by atoms with van der Waals surface area (Å²) in [6.07, 6.45) is 1.06. The standard InChI is InChI=1S/C16H28BN3O4/c1-9-20-12(17-23-15(5,6)16(7,8)24-17)11(10-18-20)19-13(21)22-14(2,3)4/h10H,9H2,1-8H3,(H,19,21). The van der Waals surface area contributed by atoms with E-state index in [2.05, 4.69) is 10.4 Å². The molecule has 1 aliphatic rings. The highest BCUT2D eigenvalue weighted by Gasteiger charge is 2.53. The smallest absolute Gasteiger partial charge is 0.444 e. The molecule has 134 valence electrons. The Morgan fingerprint density at radius 1 is 1.29 bits per heavy atom. The summed E-state index contributed by atoms with van der Waals surface area (Å²) in [5.41, 5.74) is -0.297. The monoisotopic (exact) mass is 337 g/mol. The van der Waals surface area contributed by atoms with E-state index in [9.17, 15) is 4.79 Å². The first-order valence-corrected chi connectivity index (χ1v) is 8.27. The second-order valence-corrected chi connectivity index (χ2v) is 7.97. The highest BCUT2D eigenvalue weighted by Crippen LogP contribution is 2.37. The lowest BCUT2D eigenvalue weighted by Crippen LogP contribution is -2.42. The Balaban J connectivity index is 2.27. The third-order valence-corrected chi connectivity index (χ3v) is 4.29. The Kier molecular flexibility index (Phi) is 4.76. The van der Waals surface area contributed by atoms with Crippen molar-refractivity contribution in [2.24, 2.45) is 0 Å². The van der Waals surface area contributed by atoms with Crippen molar-refractivity contribution < 1.29 is 18.8 Å². The minimum atomic E-state index is -0.609. The lowest BCUT2D eigenvalue weighted by atomic mass is 9.83. The number of nitrogens with one attached hydrogen (secondary N) is 1. The first-order valence-electron chi connectivity index (χ1n) is 8.27. The molecule has 0 aliphatic carbocycles. The molecular weight excluding hydrogens is 309 g/mol. The zero-order chi connectivity index (χ0) is 18.3. The lowest BCUT2D eigenvalue weighted by Gasteiger charge is -2.32. The number of hydrogen-bond donors (Lipinski definition) is 1. The Hall–Kier alpha value is -1.54. The lowest BCUT2D eigenvalue weighted by molar-refractivity contribution is 0.00578. The zero-order valence-electron chi connectivity index (χ0n) is 15.9. The number of aromatic nitrogens is 2. The van der Waals surface area contributed by atoms with Crippen molar-refractivity contribution in [3.8, 4) is 0 Å². The molecule has 0 saturated carbocycles. The Bertz CT molecular complexity index is 603. The van der Waals surface area contributed by atoms with Crippen molar-refractivity contribution in [1.82, 2.24) is 9.78 Å². The minimum Gasteiger partial charge on any atom is -0.444 e. The fourth-order valence-electron chi connectivity index (χ4n) is 2.36. The molecule has 24 heavy (non-hydrogen) atoms. The number of anilines is 1. The molecule has 1 fully saturated rings. The molecule has 1 aliphatic heterocycles. The molecule has 1 N–H and O–H groups in total. The number of amides is 1. The van der Waals surface area contributed by atoms with Crippen LogP contribution in [0.5, 0.6) is 0 Å². The van der Waals surface area contributed by atoms with E-state index in [-0.39, 0.29) is 0 Å². The van der Waals surface area contributed by atoms with Crippen LogP contribution in [0.15, 0.2) is 6.20 Å². The SMILES string of the molecule is CCn1ncc(NC(=O)OC(C)(C)C)c1B1OC(C)(C)C(C)(C)O1. The van der Waals surface area contributed by atoms with Crippen LogP contribution >= 0.6 is 0 Å². The number of carbonyl (C=O) groups excluding carboxylic acids is 1. The first-order chi connectivity index (χ1) is 10.9. The van der Waals surface area contributed by atoms with Crippen molar-refractivity contribution in [3.63, 3.8) is 0 Å². The topological polar surface area (TPSA) is 74.6 Å². The molecule has 7 nitrogen and oxygen atoms in total. The molecule has 1 amide bonds. The summed E-state index contributed by atoms with van der Waals surface area (Å²) in [6.45, 7) is 16.0. The van der Waals surface area contributed by atoms with Gasteiger partial charge in [-0.25, -0.2) is 4.79 Å². The molecule has 0 unspecified atom stereocenters. The van der Waals surface area contributed by atoms with Crippen molar-refractivity contribution in [2.75, 3.05) is 5.32 Å². The van der Waals surface area contributed by atoms with Crippen LogP contribution in [0, 0.1) is 0 Å². The van der Waals surface area contributed by atoms with Crippen LogP contribution in [0.2, 0.25) is 0 Å². The van der Waals surface area contributed by atoms with Gasteiger partial charge >= 0.3 is 13.2 Å². The molecule has 1 saturated heterocycles. The summed E-state index contributed by atoms with van der Waals surface area (Å²) in [5.74, 6) is 0. The van der Waals surface area contributed by atoms with Crippen molar-refractivity contribution in [2.45, 2.75) is 78.7 Å². The van der Waals surface area contributed by atoms with Crippen molar-refractivity contribution in [1.29, 1.82) is 0 Å². The van der Waals surface area contributed by atoms with E-state index >= 15 is 0 Å². The molecule has 1 aromatic rings. The Labute approximate surface area is 144 Å². The van der Waals surface area contributed by atoms with Gasteiger partial charge in [0.15, 0.2) is 0 Å². The summed E-state index contributed by atoms with van der Waals surface area (Å²) >= 11 is 0. The largest absolute Gasteiger partial charge is 0.516 e. The van der Waals surface area contributed by atoms with Gasteiger partial charge in [0.2, 0.25) is 0 Å². The van der Waals surface area contributed by atoms with E-state index in [0.29, 0.717) is 17.8 Å². The second kappa shape index (κ2) is 6.08. The van der Waals surface area contributed by atoms with Gasteiger partial charge in [-0.3, -0.25) is 10.00 Å². The summed E-state index contributed by atoms with van der Waals surface area (Å²) in [6, 6.07) is 0. The maximum absolute atomic E-state index is 12.1. The van der Waals surface area contributed by atoms with Crippen LogP contribution in [0.4, 0.5) is 10.5 Å². The van der Waals surface area contributed by atoms with Crippen LogP contribution in [0.25, 0.3) is 0 Å². The van der Waals surface area contributed by atoms with Gasteiger partial charge in [0.1, 0.15) is 5.60 Å². The van der Waals surface area contributed by atoms with Crippen molar-refractivity contribution in [3.05, 3.63) is 6.20 Å². The minimum absolute atomic E-state index is 0.469. The molecule has 1 aromatic heterocycles. The number of hydrogen-bond acceptors (Lipinski definition) is 5. The van der Waals surface area contributed by atoms with Crippen molar-refractivity contribution >= 4 is 24.5 Å². The number of carbonyl (C=O) groups is 1. The molecule has 2 heterocycles. The number of nitrogens with zero attached hydrogens (tertiary/aromatic N) is 2. The normalized spacial score (nSPS) is 19.4. The van der Waals surface area contributed by atoms with Gasteiger partial charge in [0.05, 0.1) is 28.7 Å². The van der Waals surface area contributed by atoms with E-state index in [1.807, 2.05) is 55.4 Å². The van der Waals surface area contributed by atoms with Gasteiger partial charge < -0.3 is 14.0 Å². The fraction of sp³-hybridized carbons (Fsp3) is 0.750. The molecule has 0 spiro atoms. The van der Waals surface area contributed by atoms with Gasteiger partial charge in [-0.2, -0.15) is 5.10 Å². The van der Waals surface area contributed by atoms with Crippen LogP contribution in [0.3, 0.4) is 0 Å². The highest BCUT2D eigenvalue weighted by atomic mass is 16.7.